The average molecular weight is 250 g/mol. The Bertz CT molecular complexity index is 426. The van der Waals surface area contributed by atoms with E-state index in [0.29, 0.717) is 12.3 Å². The van der Waals surface area contributed by atoms with Gasteiger partial charge in [-0.1, -0.05) is 6.07 Å². The van der Waals surface area contributed by atoms with E-state index in [1.165, 1.54) is 6.07 Å². The van der Waals surface area contributed by atoms with Crippen molar-refractivity contribution in [1.82, 2.24) is 4.90 Å². The number of aldehydes is 1. The quantitative estimate of drug-likeness (QED) is 0.768. The molecule has 1 fully saturated rings. The summed E-state index contributed by atoms with van der Waals surface area (Å²) < 4.78 is 13.5. The van der Waals surface area contributed by atoms with Crippen LogP contribution in [0.3, 0.4) is 0 Å². The lowest BCUT2D eigenvalue weighted by Crippen LogP contribution is -2.42. The number of piperidine rings is 1. The predicted octanol–water partition coefficient (Wildman–Crippen LogP) is 2.17. The number of anilines is 1. The van der Waals surface area contributed by atoms with Crippen LogP contribution in [0.5, 0.6) is 0 Å². The smallest absolute Gasteiger partial charge is 0.155 e. The number of hydrogen-bond donors (Lipinski definition) is 0. The van der Waals surface area contributed by atoms with E-state index in [1.807, 2.05) is 6.07 Å². The molecule has 98 valence electrons. The summed E-state index contributed by atoms with van der Waals surface area (Å²) in [6.45, 7) is 1.74. The van der Waals surface area contributed by atoms with E-state index in [-0.39, 0.29) is 5.56 Å². The highest BCUT2D eigenvalue weighted by molar-refractivity contribution is 5.85. The molecule has 2 rings (SSSR count). The van der Waals surface area contributed by atoms with Gasteiger partial charge in [-0.3, -0.25) is 4.79 Å². The third-order valence-corrected chi connectivity index (χ3v) is 3.68. The van der Waals surface area contributed by atoms with Crippen molar-refractivity contribution in [2.45, 2.75) is 18.9 Å². The van der Waals surface area contributed by atoms with Gasteiger partial charge in [0.1, 0.15) is 5.82 Å². The molecule has 0 N–H and O–H groups in total. The van der Waals surface area contributed by atoms with Gasteiger partial charge in [0.2, 0.25) is 0 Å². The number of hydrogen-bond acceptors (Lipinski definition) is 3. The van der Waals surface area contributed by atoms with E-state index in [4.69, 9.17) is 0 Å². The molecule has 0 aliphatic carbocycles. The summed E-state index contributed by atoms with van der Waals surface area (Å²) in [5, 5.41) is 0. The zero-order chi connectivity index (χ0) is 13.1. The van der Waals surface area contributed by atoms with Crippen molar-refractivity contribution in [2.75, 3.05) is 32.1 Å². The maximum atomic E-state index is 13.5. The molecular formula is C14H19FN2O. The minimum Gasteiger partial charge on any atom is -0.371 e. The zero-order valence-corrected chi connectivity index (χ0v) is 10.9. The van der Waals surface area contributed by atoms with Crippen molar-refractivity contribution in [3.05, 3.63) is 29.6 Å². The van der Waals surface area contributed by atoms with Crippen LogP contribution in [0.1, 0.15) is 23.2 Å². The van der Waals surface area contributed by atoms with Crippen molar-refractivity contribution in [3.63, 3.8) is 0 Å². The van der Waals surface area contributed by atoms with Crippen LogP contribution in [0.25, 0.3) is 0 Å². The fourth-order valence-electron chi connectivity index (χ4n) is 2.54. The second kappa shape index (κ2) is 5.48. The minimum absolute atomic E-state index is 0.181. The van der Waals surface area contributed by atoms with E-state index in [9.17, 15) is 9.18 Å². The fraction of sp³-hybridized carbons (Fsp3) is 0.500. The van der Waals surface area contributed by atoms with Gasteiger partial charge in [0.15, 0.2) is 6.29 Å². The van der Waals surface area contributed by atoms with Crippen molar-refractivity contribution in [1.29, 1.82) is 0 Å². The number of nitrogens with zero attached hydrogens (tertiary/aromatic N) is 2. The molecule has 0 unspecified atom stereocenters. The van der Waals surface area contributed by atoms with Gasteiger partial charge >= 0.3 is 0 Å². The summed E-state index contributed by atoms with van der Waals surface area (Å²) >= 11 is 0. The van der Waals surface area contributed by atoms with Crippen LogP contribution in [-0.4, -0.2) is 44.4 Å². The molecule has 0 radical (unpaired) electrons. The van der Waals surface area contributed by atoms with E-state index < -0.39 is 5.82 Å². The van der Waals surface area contributed by atoms with Crippen LogP contribution in [0.2, 0.25) is 0 Å². The summed E-state index contributed by atoms with van der Waals surface area (Å²) in [5.41, 5.74) is 0.906. The van der Waals surface area contributed by atoms with E-state index in [1.54, 1.807) is 6.07 Å². The number of benzene rings is 1. The van der Waals surface area contributed by atoms with Crippen LogP contribution < -0.4 is 4.90 Å². The normalized spacial score (nSPS) is 17.2. The van der Waals surface area contributed by atoms with Crippen LogP contribution in [0.15, 0.2) is 18.2 Å². The highest BCUT2D eigenvalue weighted by Gasteiger charge is 2.22. The van der Waals surface area contributed by atoms with Gasteiger partial charge in [0, 0.05) is 19.1 Å². The second-order valence-corrected chi connectivity index (χ2v) is 4.97. The monoisotopic (exact) mass is 250 g/mol. The zero-order valence-electron chi connectivity index (χ0n) is 10.9. The van der Waals surface area contributed by atoms with Crippen LogP contribution in [0.4, 0.5) is 10.1 Å². The third kappa shape index (κ3) is 2.53. The lowest BCUT2D eigenvalue weighted by atomic mass is 10.0. The summed E-state index contributed by atoms with van der Waals surface area (Å²) in [4.78, 5) is 15.3. The number of halogens is 1. The Balaban J connectivity index is 2.15. The molecule has 1 aromatic rings. The summed E-state index contributed by atoms with van der Waals surface area (Å²) in [6.07, 6.45) is 2.70. The second-order valence-electron chi connectivity index (χ2n) is 4.97. The number of rotatable bonds is 3. The maximum Gasteiger partial charge on any atom is 0.155 e. The van der Waals surface area contributed by atoms with Crippen molar-refractivity contribution >= 4 is 12.0 Å². The van der Waals surface area contributed by atoms with Crippen molar-refractivity contribution < 1.29 is 9.18 Å². The molecule has 0 amide bonds. The fourth-order valence-corrected chi connectivity index (χ4v) is 2.54. The molecule has 0 bridgehead atoms. The van der Waals surface area contributed by atoms with E-state index in [0.717, 1.165) is 31.6 Å². The molecule has 1 saturated heterocycles. The highest BCUT2D eigenvalue weighted by Crippen LogP contribution is 2.25. The molecule has 3 nitrogen and oxygen atoms in total. The molecule has 1 heterocycles. The topological polar surface area (TPSA) is 23.6 Å². The van der Waals surface area contributed by atoms with Crippen LogP contribution >= 0.6 is 0 Å². The van der Waals surface area contributed by atoms with Gasteiger partial charge in [-0.2, -0.15) is 0 Å². The number of carbonyl (C=O) groups is 1. The Hall–Kier alpha value is -1.42. The summed E-state index contributed by atoms with van der Waals surface area (Å²) in [7, 11) is 4.17. The maximum absolute atomic E-state index is 13.5. The average Bonchev–Trinajstić information content (AvgIpc) is 2.38. The predicted molar refractivity (Wildman–Crippen MR) is 70.7 cm³/mol. The first-order valence-corrected chi connectivity index (χ1v) is 6.28. The first-order chi connectivity index (χ1) is 8.63. The molecule has 1 aromatic carbocycles. The molecule has 0 spiro atoms. The van der Waals surface area contributed by atoms with E-state index in [2.05, 4.69) is 23.9 Å². The first-order valence-electron chi connectivity index (χ1n) is 6.28. The lowest BCUT2D eigenvalue weighted by Gasteiger charge is -2.37. The molecule has 18 heavy (non-hydrogen) atoms. The van der Waals surface area contributed by atoms with Gasteiger partial charge in [-0.25, -0.2) is 4.39 Å². The Morgan fingerprint density at radius 3 is 2.56 bits per heavy atom. The molecule has 0 atom stereocenters. The van der Waals surface area contributed by atoms with Crippen molar-refractivity contribution in [3.8, 4) is 0 Å². The summed E-state index contributed by atoms with van der Waals surface area (Å²) in [6, 6.07) is 5.40. The SMILES string of the molecule is CN(C)C1CCN(c2cccc(F)c2C=O)CC1. The largest absolute Gasteiger partial charge is 0.371 e. The van der Waals surface area contributed by atoms with Gasteiger partial charge in [-0.05, 0) is 39.1 Å². The Labute approximate surface area is 107 Å². The Morgan fingerprint density at radius 2 is 2.00 bits per heavy atom. The van der Waals surface area contributed by atoms with Crippen LogP contribution in [-0.2, 0) is 0 Å². The van der Waals surface area contributed by atoms with E-state index >= 15 is 0 Å². The molecule has 1 aliphatic heterocycles. The summed E-state index contributed by atoms with van der Waals surface area (Å²) in [5.74, 6) is -0.433. The molecule has 0 saturated carbocycles. The van der Waals surface area contributed by atoms with Gasteiger partial charge in [0.25, 0.3) is 0 Å². The van der Waals surface area contributed by atoms with Gasteiger partial charge in [0.05, 0.1) is 11.3 Å². The first kappa shape index (κ1) is 13.0. The minimum atomic E-state index is -0.433. The highest BCUT2D eigenvalue weighted by atomic mass is 19.1. The molecular weight excluding hydrogens is 231 g/mol. The molecule has 1 aliphatic rings. The number of carbonyl (C=O) groups excluding carboxylic acids is 1. The molecule has 4 heteroatoms. The van der Waals surface area contributed by atoms with Crippen molar-refractivity contribution in [2.24, 2.45) is 0 Å². The standard InChI is InChI=1S/C14H19FN2O/c1-16(2)11-6-8-17(9-7-11)14-5-3-4-13(15)12(14)10-18/h3-5,10-11H,6-9H2,1-2H3. The van der Waals surface area contributed by atoms with Crippen LogP contribution in [0, 0.1) is 5.82 Å². The molecule has 0 aromatic heterocycles. The lowest BCUT2D eigenvalue weighted by molar-refractivity contribution is 0.112. The van der Waals surface area contributed by atoms with Gasteiger partial charge < -0.3 is 9.80 Å². The Kier molecular flexibility index (Phi) is 3.97. The third-order valence-electron chi connectivity index (χ3n) is 3.68. The van der Waals surface area contributed by atoms with Gasteiger partial charge in [-0.15, -0.1) is 0 Å². The Morgan fingerprint density at radius 1 is 1.33 bits per heavy atom.